The molecule has 5 aromatic rings. The van der Waals surface area contributed by atoms with Crippen LogP contribution in [0.1, 0.15) is 15.9 Å². The van der Waals surface area contributed by atoms with Crippen molar-refractivity contribution in [2.45, 2.75) is 0 Å². The summed E-state index contributed by atoms with van der Waals surface area (Å²) in [7, 11) is 1.64. The van der Waals surface area contributed by atoms with E-state index in [1.165, 1.54) is 0 Å². The third kappa shape index (κ3) is 4.32. The summed E-state index contributed by atoms with van der Waals surface area (Å²) in [6.07, 6.45) is 5.39. The number of ketones is 1. The summed E-state index contributed by atoms with van der Waals surface area (Å²) >= 11 is 0. The normalized spacial score (nSPS) is 11.2. The van der Waals surface area contributed by atoms with E-state index >= 15 is 0 Å². The number of hydrogen-bond donors (Lipinski definition) is 0. The van der Waals surface area contributed by atoms with Gasteiger partial charge in [0.05, 0.1) is 18.5 Å². The monoisotopic (exact) mass is 430 g/mol. The van der Waals surface area contributed by atoms with Gasteiger partial charge in [-0.3, -0.25) is 4.79 Å². The quantitative estimate of drug-likeness (QED) is 0.225. The molecule has 0 spiro atoms. The van der Waals surface area contributed by atoms with E-state index in [1.807, 2.05) is 114 Å². The van der Waals surface area contributed by atoms with Gasteiger partial charge in [-0.25, -0.2) is 4.68 Å². The molecule has 0 aliphatic heterocycles. The lowest BCUT2D eigenvalue weighted by Crippen LogP contribution is -1.94. The molecule has 0 bridgehead atoms. The summed E-state index contributed by atoms with van der Waals surface area (Å²) in [5, 5.41) is 6.97. The highest BCUT2D eigenvalue weighted by molar-refractivity contribution is 6.09. The van der Waals surface area contributed by atoms with E-state index in [1.54, 1.807) is 13.2 Å². The molecule has 33 heavy (non-hydrogen) atoms. The topological polar surface area (TPSA) is 44.1 Å². The van der Waals surface area contributed by atoms with Crippen LogP contribution in [-0.2, 0) is 0 Å². The number of hydrogen-bond acceptors (Lipinski definition) is 3. The highest BCUT2D eigenvalue weighted by atomic mass is 16.5. The van der Waals surface area contributed by atoms with E-state index in [0.717, 1.165) is 39.0 Å². The summed E-state index contributed by atoms with van der Waals surface area (Å²) in [5.74, 6) is 0.735. The zero-order chi connectivity index (χ0) is 22.6. The number of rotatable bonds is 6. The Morgan fingerprint density at radius 3 is 2.33 bits per heavy atom. The summed E-state index contributed by atoms with van der Waals surface area (Å²) in [5.41, 5.74) is 4.21. The number of fused-ring (bicyclic) bond motifs is 1. The van der Waals surface area contributed by atoms with Crippen LogP contribution in [0.2, 0.25) is 0 Å². The molecule has 0 saturated carbocycles. The first-order valence-corrected chi connectivity index (χ1v) is 10.7. The fraction of sp³-hybridized carbons (Fsp3) is 0.0345. The molecule has 160 valence electrons. The van der Waals surface area contributed by atoms with Gasteiger partial charge in [0.25, 0.3) is 0 Å². The van der Waals surface area contributed by atoms with Gasteiger partial charge in [-0.1, -0.05) is 54.6 Å². The van der Waals surface area contributed by atoms with Crippen molar-refractivity contribution in [1.29, 1.82) is 0 Å². The predicted octanol–water partition coefficient (Wildman–Crippen LogP) is 6.60. The van der Waals surface area contributed by atoms with Crippen LogP contribution in [0, 0.1) is 0 Å². The third-order valence-corrected chi connectivity index (χ3v) is 5.57. The van der Waals surface area contributed by atoms with Gasteiger partial charge in [-0.05, 0) is 65.4 Å². The second-order valence-electron chi connectivity index (χ2n) is 7.70. The van der Waals surface area contributed by atoms with E-state index < -0.39 is 0 Å². The molecule has 0 fully saturated rings. The highest BCUT2D eigenvalue weighted by Crippen LogP contribution is 2.27. The fourth-order valence-corrected chi connectivity index (χ4v) is 3.80. The number of carbonyl (C=O) groups excluding carboxylic acids is 1. The average Bonchev–Trinajstić information content (AvgIpc) is 3.32. The van der Waals surface area contributed by atoms with Crippen LogP contribution in [0.5, 0.6) is 5.75 Å². The largest absolute Gasteiger partial charge is 0.497 e. The first-order chi connectivity index (χ1) is 16.2. The molecule has 0 amide bonds. The van der Waals surface area contributed by atoms with Crippen molar-refractivity contribution in [3.63, 3.8) is 0 Å². The standard InChI is InChI=1S/C29H22N2O2/c1-33-27-16-13-22(14-17-27)29-25(20-31(30-29)26-9-3-2-4-10-26)15-18-28(32)24-12-11-21-7-5-6-8-23(21)19-24/h2-20H,1H3. The molecule has 0 atom stereocenters. The summed E-state index contributed by atoms with van der Waals surface area (Å²) in [6, 6.07) is 31.5. The van der Waals surface area contributed by atoms with Crippen molar-refractivity contribution in [1.82, 2.24) is 9.78 Å². The Kier molecular flexibility index (Phi) is 5.56. The Labute approximate surface area is 192 Å². The number of ether oxygens (including phenoxy) is 1. The lowest BCUT2D eigenvalue weighted by molar-refractivity contribution is 0.104. The second-order valence-corrected chi connectivity index (χ2v) is 7.70. The summed E-state index contributed by atoms with van der Waals surface area (Å²) in [4.78, 5) is 12.9. The number of carbonyl (C=O) groups is 1. The smallest absolute Gasteiger partial charge is 0.185 e. The van der Waals surface area contributed by atoms with E-state index in [0.29, 0.717) is 5.56 Å². The van der Waals surface area contributed by atoms with Gasteiger partial charge in [0.2, 0.25) is 0 Å². The number of allylic oxidation sites excluding steroid dienone is 1. The van der Waals surface area contributed by atoms with Crippen LogP contribution in [0.25, 0.3) is 33.8 Å². The summed E-state index contributed by atoms with van der Waals surface area (Å²) < 4.78 is 7.12. The van der Waals surface area contributed by atoms with E-state index in [2.05, 4.69) is 0 Å². The third-order valence-electron chi connectivity index (χ3n) is 5.57. The maximum absolute atomic E-state index is 12.9. The number of benzene rings is 4. The second kappa shape index (κ2) is 8.97. The molecule has 1 aromatic heterocycles. The van der Waals surface area contributed by atoms with Crippen molar-refractivity contribution in [3.05, 3.63) is 120 Å². The van der Waals surface area contributed by atoms with Crippen molar-refractivity contribution in [2.75, 3.05) is 7.11 Å². The number of methoxy groups -OCH3 is 1. The van der Waals surface area contributed by atoms with Crippen molar-refractivity contribution >= 4 is 22.6 Å². The Balaban J connectivity index is 1.51. The molecule has 0 aliphatic rings. The maximum Gasteiger partial charge on any atom is 0.185 e. The Bertz CT molecular complexity index is 1450. The molecule has 4 aromatic carbocycles. The zero-order valence-corrected chi connectivity index (χ0v) is 18.2. The molecular formula is C29H22N2O2. The minimum absolute atomic E-state index is 0.0473. The van der Waals surface area contributed by atoms with Gasteiger partial charge in [0.15, 0.2) is 5.78 Å². The van der Waals surface area contributed by atoms with E-state index in [9.17, 15) is 4.79 Å². The highest BCUT2D eigenvalue weighted by Gasteiger charge is 2.12. The number of para-hydroxylation sites is 1. The molecule has 0 radical (unpaired) electrons. The maximum atomic E-state index is 12.9. The Morgan fingerprint density at radius 1 is 0.848 bits per heavy atom. The minimum Gasteiger partial charge on any atom is -0.497 e. The molecule has 5 rings (SSSR count). The first-order valence-electron chi connectivity index (χ1n) is 10.7. The lowest BCUT2D eigenvalue weighted by atomic mass is 10.0. The zero-order valence-electron chi connectivity index (χ0n) is 18.2. The van der Waals surface area contributed by atoms with Crippen molar-refractivity contribution in [2.24, 2.45) is 0 Å². The molecule has 0 N–H and O–H groups in total. The SMILES string of the molecule is COc1ccc(-c2nn(-c3ccccc3)cc2C=CC(=O)c2ccc3ccccc3c2)cc1. The molecule has 0 unspecified atom stereocenters. The van der Waals surface area contributed by atoms with Crippen LogP contribution in [-0.4, -0.2) is 22.7 Å². The van der Waals surface area contributed by atoms with Crippen LogP contribution in [0.15, 0.2) is 109 Å². The lowest BCUT2D eigenvalue weighted by Gasteiger charge is -2.03. The predicted molar refractivity (Wildman–Crippen MR) is 133 cm³/mol. The Hall–Kier alpha value is -4.44. The molecule has 4 nitrogen and oxygen atoms in total. The van der Waals surface area contributed by atoms with Crippen LogP contribution in [0.3, 0.4) is 0 Å². The molecule has 1 heterocycles. The Morgan fingerprint density at radius 2 is 1.58 bits per heavy atom. The number of nitrogens with zero attached hydrogens (tertiary/aromatic N) is 2. The van der Waals surface area contributed by atoms with E-state index in [-0.39, 0.29) is 5.78 Å². The van der Waals surface area contributed by atoms with Crippen LogP contribution >= 0.6 is 0 Å². The molecular weight excluding hydrogens is 408 g/mol. The minimum atomic E-state index is -0.0473. The average molecular weight is 431 g/mol. The molecule has 0 saturated heterocycles. The van der Waals surface area contributed by atoms with Crippen molar-refractivity contribution in [3.8, 4) is 22.7 Å². The fourth-order valence-electron chi connectivity index (χ4n) is 3.80. The molecule has 4 heteroatoms. The van der Waals surface area contributed by atoms with Gasteiger partial charge in [0, 0.05) is 22.9 Å². The van der Waals surface area contributed by atoms with Crippen LogP contribution < -0.4 is 4.74 Å². The van der Waals surface area contributed by atoms with Crippen molar-refractivity contribution < 1.29 is 9.53 Å². The summed E-state index contributed by atoms with van der Waals surface area (Å²) in [6.45, 7) is 0. The van der Waals surface area contributed by atoms with Gasteiger partial charge in [0.1, 0.15) is 5.75 Å². The van der Waals surface area contributed by atoms with Gasteiger partial charge < -0.3 is 4.74 Å². The molecule has 0 aliphatic carbocycles. The van der Waals surface area contributed by atoms with Gasteiger partial charge >= 0.3 is 0 Å². The van der Waals surface area contributed by atoms with Crippen LogP contribution in [0.4, 0.5) is 0 Å². The number of aromatic nitrogens is 2. The first kappa shape index (κ1) is 20.5. The van der Waals surface area contributed by atoms with Gasteiger partial charge in [-0.2, -0.15) is 5.10 Å². The van der Waals surface area contributed by atoms with E-state index in [4.69, 9.17) is 9.84 Å². The van der Waals surface area contributed by atoms with Gasteiger partial charge in [-0.15, -0.1) is 0 Å².